The maximum Gasteiger partial charge on any atom is 0.223 e. The molecular formula is C12H23NOS. The fraction of sp³-hybridized carbons (Fsp3) is 0.750. The quantitative estimate of drug-likeness (QED) is 0.583. The molecule has 0 aromatic rings. The molecule has 1 amide bonds. The van der Waals surface area contributed by atoms with Crippen LogP contribution in [0, 0.1) is 0 Å². The molecule has 15 heavy (non-hydrogen) atoms. The smallest absolute Gasteiger partial charge is 0.223 e. The lowest BCUT2D eigenvalue weighted by Crippen LogP contribution is -2.44. The second kappa shape index (κ2) is 7.80. The molecule has 2 nitrogen and oxygen atoms in total. The van der Waals surface area contributed by atoms with Gasteiger partial charge in [-0.05, 0) is 19.8 Å². The number of carbonyl (C=O) groups is 1. The molecule has 0 aromatic carbocycles. The molecular weight excluding hydrogens is 206 g/mol. The number of nitrogens with zero attached hydrogens (tertiary/aromatic N) is 1. The fourth-order valence-corrected chi connectivity index (χ4v) is 2.19. The molecule has 0 saturated carbocycles. The maximum atomic E-state index is 11.5. The summed E-state index contributed by atoms with van der Waals surface area (Å²) in [5.74, 6) is 0.939. The highest BCUT2D eigenvalue weighted by atomic mass is 32.1. The van der Waals surface area contributed by atoms with Gasteiger partial charge in [0.15, 0.2) is 0 Å². The summed E-state index contributed by atoms with van der Waals surface area (Å²) in [6, 6.07) is 0.135. The van der Waals surface area contributed by atoms with Crippen LogP contribution in [0.2, 0.25) is 0 Å². The summed E-state index contributed by atoms with van der Waals surface area (Å²) in [5, 5.41) is 0. The van der Waals surface area contributed by atoms with E-state index in [1.54, 1.807) is 0 Å². The number of carbonyl (C=O) groups excluding carboxylic acids is 1. The highest BCUT2D eigenvalue weighted by Gasteiger charge is 2.25. The van der Waals surface area contributed by atoms with Crippen LogP contribution in [0.5, 0.6) is 0 Å². The van der Waals surface area contributed by atoms with Crippen molar-refractivity contribution in [2.45, 2.75) is 46.1 Å². The second-order valence-electron chi connectivity index (χ2n) is 3.59. The third-order valence-corrected chi connectivity index (χ3v) is 2.82. The van der Waals surface area contributed by atoms with E-state index in [4.69, 9.17) is 0 Å². The van der Waals surface area contributed by atoms with Crippen LogP contribution in [0.1, 0.15) is 40.0 Å². The van der Waals surface area contributed by atoms with Crippen molar-refractivity contribution in [1.29, 1.82) is 0 Å². The highest BCUT2D eigenvalue weighted by molar-refractivity contribution is 7.80. The van der Waals surface area contributed by atoms with Gasteiger partial charge in [-0.1, -0.05) is 26.0 Å². The SMILES string of the molecule is C=C(C)C(CS)N1CCCCC1=O.CC. The number of thiol groups is 1. The van der Waals surface area contributed by atoms with Crippen LogP contribution >= 0.6 is 12.6 Å². The van der Waals surface area contributed by atoms with Gasteiger partial charge in [-0.2, -0.15) is 12.6 Å². The second-order valence-corrected chi connectivity index (χ2v) is 3.95. The zero-order valence-electron chi connectivity index (χ0n) is 10.1. The average molecular weight is 229 g/mol. The molecule has 1 aliphatic rings. The highest BCUT2D eigenvalue weighted by Crippen LogP contribution is 2.18. The van der Waals surface area contributed by atoms with E-state index in [1.807, 2.05) is 25.7 Å². The minimum atomic E-state index is 0.135. The Morgan fingerprint density at radius 3 is 2.53 bits per heavy atom. The Balaban J connectivity index is 0.000000921. The van der Waals surface area contributed by atoms with E-state index in [-0.39, 0.29) is 11.9 Å². The lowest BCUT2D eigenvalue weighted by atomic mass is 10.0. The van der Waals surface area contributed by atoms with Crippen molar-refractivity contribution in [3.8, 4) is 0 Å². The van der Waals surface area contributed by atoms with Crippen molar-refractivity contribution in [1.82, 2.24) is 4.90 Å². The Morgan fingerprint density at radius 1 is 1.53 bits per heavy atom. The van der Waals surface area contributed by atoms with E-state index in [2.05, 4.69) is 19.2 Å². The third kappa shape index (κ3) is 4.29. The van der Waals surface area contributed by atoms with Crippen molar-refractivity contribution in [2.24, 2.45) is 0 Å². The van der Waals surface area contributed by atoms with E-state index >= 15 is 0 Å². The van der Waals surface area contributed by atoms with Crippen molar-refractivity contribution >= 4 is 18.5 Å². The lowest BCUT2D eigenvalue weighted by molar-refractivity contribution is -0.134. The lowest BCUT2D eigenvalue weighted by Gasteiger charge is -2.34. The molecule has 1 atom stereocenters. The molecule has 1 fully saturated rings. The van der Waals surface area contributed by atoms with Gasteiger partial charge in [-0.15, -0.1) is 0 Å². The fourth-order valence-electron chi connectivity index (χ4n) is 1.68. The first kappa shape index (κ1) is 14.6. The van der Waals surface area contributed by atoms with Gasteiger partial charge in [0.2, 0.25) is 5.91 Å². The molecule has 0 aromatic heterocycles. The molecule has 1 rings (SSSR count). The van der Waals surface area contributed by atoms with Crippen LogP contribution in [0.4, 0.5) is 0 Å². The average Bonchev–Trinajstić information content (AvgIpc) is 2.24. The summed E-state index contributed by atoms with van der Waals surface area (Å²) in [6.07, 6.45) is 2.84. The van der Waals surface area contributed by atoms with Gasteiger partial charge in [0.1, 0.15) is 0 Å². The van der Waals surface area contributed by atoms with Crippen LogP contribution in [-0.4, -0.2) is 29.1 Å². The minimum absolute atomic E-state index is 0.135. The van der Waals surface area contributed by atoms with Crippen molar-refractivity contribution in [3.63, 3.8) is 0 Å². The summed E-state index contributed by atoms with van der Waals surface area (Å²) in [4.78, 5) is 13.5. The largest absolute Gasteiger partial charge is 0.335 e. The molecule has 3 heteroatoms. The molecule has 1 heterocycles. The molecule has 0 bridgehead atoms. The monoisotopic (exact) mass is 229 g/mol. The van der Waals surface area contributed by atoms with Gasteiger partial charge in [-0.25, -0.2) is 0 Å². The van der Waals surface area contributed by atoms with Crippen molar-refractivity contribution < 1.29 is 4.79 Å². The summed E-state index contributed by atoms with van der Waals surface area (Å²) in [5.41, 5.74) is 1.03. The Labute approximate surface area is 99.1 Å². The first-order valence-corrected chi connectivity index (χ1v) is 6.35. The zero-order chi connectivity index (χ0) is 11.8. The van der Waals surface area contributed by atoms with Gasteiger partial charge >= 0.3 is 0 Å². The van der Waals surface area contributed by atoms with Gasteiger partial charge in [0, 0.05) is 18.7 Å². The summed E-state index contributed by atoms with van der Waals surface area (Å²) < 4.78 is 0. The van der Waals surface area contributed by atoms with E-state index in [0.29, 0.717) is 12.2 Å². The number of hydrogen-bond donors (Lipinski definition) is 1. The summed E-state index contributed by atoms with van der Waals surface area (Å²) in [7, 11) is 0. The van der Waals surface area contributed by atoms with Crippen LogP contribution in [0.15, 0.2) is 12.2 Å². The predicted octanol–water partition coefficient (Wildman–Crippen LogP) is 2.90. The molecule has 0 aliphatic carbocycles. The number of piperidine rings is 1. The van der Waals surface area contributed by atoms with E-state index in [1.165, 1.54) is 0 Å². The molecule has 0 N–H and O–H groups in total. The number of rotatable bonds is 3. The van der Waals surface area contributed by atoms with E-state index < -0.39 is 0 Å². The Morgan fingerprint density at radius 2 is 2.13 bits per heavy atom. The molecule has 88 valence electrons. The molecule has 1 saturated heterocycles. The van der Waals surface area contributed by atoms with Crippen molar-refractivity contribution in [2.75, 3.05) is 12.3 Å². The summed E-state index contributed by atoms with van der Waals surface area (Å²) in [6.45, 7) is 10.7. The van der Waals surface area contributed by atoms with E-state index in [0.717, 1.165) is 25.0 Å². The Bertz CT molecular complexity index is 216. The molecule has 1 unspecified atom stereocenters. The van der Waals surface area contributed by atoms with Crippen LogP contribution in [0.25, 0.3) is 0 Å². The zero-order valence-corrected chi connectivity index (χ0v) is 11.0. The minimum Gasteiger partial charge on any atom is -0.335 e. The van der Waals surface area contributed by atoms with Gasteiger partial charge in [0.05, 0.1) is 6.04 Å². The molecule has 1 aliphatic heterocycles. The van der Waals surface area contributed by atoms with Gasteiger partial charge < -0.3 is 4.90 Å². The number of amides is 1. The van der Waals surface area contributed by atoms with E-state index in [9.17, 15) is 4.79 Å². The Hall–Kier alpha value is -0.440. The molecule has 0 spiro atoms. The van der Waals surface area contributed by atoms with Crippen molar-refractivity contribution in [3.05, 3.63) is 12.2 Å². The van der Waals surface area contributed by atoms with Crippen LogP contribution in [-0.2, 0) is 4.79 Å². The molecule has 0 radical (unpaired) electrons. The topological polar surface area (TPSA) is 20.3 Å². The first-order chi connectivity index (χ1) is 7.16. The standard InChI is InChI=1S/C10H17NOS.C2H6/c1-8(2)9(7-13)11-6-4-3-5-10(11)12;1-2/h9,13H,1,3-7H2,2H3;1-2H3. The first-order valence-electron chi connectivity index (χ1n) is 5.72. The predicted molar refractivity (Wildman–Crippen MR) is 69.4 cm³/mol. The van der Waals surface area contributed by atoms with Crippen LogP contribution in [0.3, 0.4) is 0 Å². The van der Waals surface area contributed by atoms with Gasteiger partial charge in [-0.3, -0.25) is 4.79 Å². The number of hydrogen-bond acceptors (Lipinski definition) is 2. The summed E-state index contributed by atoms with van der Waals surface area (Å²) >= 11 is 4.25. The Kier molecular flexibility index (Phi) is 7.57. The van der Waals surface area contributed by atoms with Gasteiger partial charge in [0.25, 0.3) is 0 Å². The number of likely N-dealkylation sites (tertiary alicyclic amines) is 1. The maximum absolute atomic E-state index is 11.5. The normalized spacial score (nSPS) is 17.9. The third-order valence-electron chi connectivity index (χ3n) is 2.48. The van der Waals surface area contributed by atoms with Crippen LogP contribution < -0.4 is 0 Å².